The highest BCUT2D eigenvalue weighted by molar-refractivity contribution is 6.05. The number of methoxy groups -OCH3 is 2. The van der Waals surface area contributed by atoms with E-state index in [2.05, 4.69) is 10.3 Å². The van der Waals surface area contributed by atoms with Crippen molar-refractivity contribution in [3.05, 3.63) is 18.3 Å². The number of nitrogens with zero attached hydrogens (tertiary/aromatic N) is 1. The molecule has 0 atom stereocenters. The second-order valence-electron chi connectivity index (χ2n) is 4.00. The highest BCUT2D eigenvalue weighted by Crippen LogP contribution is 2.41. The summed E-state index contributed by atoms with van der Waals surface area (Å²) in [4.78, 5) is 4.29. The lowest BCUT2D eigenvalue weighted by atomic mass is 10.1. The SMILES string of the molecule is COc1cc(N)c2c(NCCN)nccc2c1OC. The summed E-state index contributed by atoms with van der Waals surface area (Å²) in [6.45, 7) is 1.14. The van der Waals surface area contributed by atoms with E-state index >= 15 is 0 Å². The van der Waals surface area contributed by atoms with Crippen LogP contribution in [0.2, 0.25) is 0 Å². The van der Waals surface area contributed by atoms with Gasteiger partial charge < -0.3 is 26.3 Å². The maximum Gasteiger partial charge on any atom is 0.168 e. The normalized spacial score (nSPS) is 10.5. The van der Waals surface area contributed by atoms with Gasteiger partial charge in [0.1, 0.15) is 5.82 Å². The van der Waals surface area contributed by atoms with Crippen molar-refractivity contribution >= 4 is 22.3 Å². The number of fused-ring (bicyclic) bond motifs is 1. The summed E-state index contributed by atoms with van der Waals surface area (Å²) in [5, 5.41) is 4.82. The predicted octanol–water partition coefficient (Wildman–Crippen LogP) is 1.20. The number of hydrogen-bond donors (Lipinski definition) is 3. The summed E-state index contributed by atoms with van der Waals surface area (Å²) in [5.41, 5.74) is 12.2. The second kappa shape index (κ2) is 5.62. The van der Waals surface area contributed by atoms with Gasteiger partial charge in [0.2, 0.25) is 0 Å². The van der Waals surface area contributed by atoms with Gasteiger partial charge in [-0.2, -0.15) is 0 Å². The minimum Gasteiger partial charge on any atom is -0.493 e. The molecule has 102 valence electrons. The Bertz CT molecular complexity index is 586. The van der Waals surface area contributed by atoms with Gasteiger partial charge in [0.25, 0.3) is 0 Å². The van der Waals surface area contributed by atoms with Crippen molar-refractivity contribution in [1.82, 2.24) is 4.98 Å². The van der Waals surface area contributed by atoms with Gasteiger partial charge in [0.15, 0.2) is 11.5 Å². The van der Waals surface area contributed by atoms with Crippen molar-refractivity contribution in [2.75, 3.05) is 38.4 Å². The molecule has 0 bridgehead atoms. The average molecular weight is 262 g/mol. The van der Waals surface area contributed by atoms with Crippen LogP contribution in [0.15, 0.2) is 18.3 Å². The van der Waals surface area contributed by atoms with Crippen molar-refractivity contribution in [2.45, 2.75) is 0 Å². The molecule has 0 radical (unpaired) electrons. The number of anilines is 2. The molecule has 0 fully saturated rings. The van der Waals surface area contributed by atoms with Crippen LogP contribution >= 0.6 is 0 Å². The second-order valence-corrected chi connectivity index (χ2v) is 4.00. The van der Waals surface area contributed by atoms with Crippen molar-refractivity contribution in [3.8, 4) is 11.5 Å². The molecule has 2 aromatic rings. The van der Waals surface area contributed by atoms with E-state index in [0.717, 1.165) is 10.8 Å². The number of pyridine rings is 1. The van der Waals surface area contributed by atoms with Crippen LogP contribution in [0.5, 0.6) is 11.5 Å². The number of benzene rings is 1. The number of aromatic nitrogens is 1. The molecule has 0 saturated carbocycles. The zero-order valence-electron chi connectivity index (χ0n) is 11.1. The number of ether oxygens (including phenoxy) is 2. The van der Waals surface area contributed by atoms with Gasteiger partial charge in [-0.05, 0) is 6.07 Å². The number of nitrogens with one attached hydrogen (secondary N) is 1. The molecule has 5 N–H and O–H groups in total. The lowest BCUT2D eigenvalue weighted by molar-refractivity contribution is 0.359. The summed E-state index contributed by atoms with van der Waals surface area (Å²) in [7, 11) is 3.18. The Kier molecular flexibility index (Phi) is 3.91. The van der Waals surface area contributed by atoms with Crippen LogP contribution in [0.1, 0.15) is 0 Å². The molecule has 1 aromatic carbocycles. The van der Waals surface area contributed by atoms with Gasteiger partial charge in [-0.15, -0.1) is 0 Å². The van der Waals surface area contributed by atoms with E-state index in [0.29, 0.717) is 36.1 Å². The van der Waals surface area contributed by atoms with Crippen LogP contribution in [0.3, 0.4) is 0 Å². The molecule has 0 aliphatic carbocycles. The average Bonchev–Trinajstić information content (AvgIpc) is 2.44. The first-order valence-electron chi connectivity index (χ1n) is 5.96. The fourth-order valence-electron chi connectivity index (χ4n) is 2.04. The van der Waals surface area contributed by atoms with Crippen LogP contribution in [-0.2, 0) is 0 Å². The van der Waals surface area contributed by atoms with Crippen LogP contribution in [0.4, 0.5) is 11.5 Å². The Balaban J connectivity index is 2.69. The number of nitrogens with two attached hydrogens (primary N) is 2. The number of nitrogen functional groups attached to an aromatic ring is 1. The minimum absolute atomic E-state index is 0.519. The monoisotopic (exact) mass is 262 g/mol. The van der Waals surface area contributed by atoms with Crippen molar-refractivity contribution in [2.24, 2.45) is 5.73 Å². The third-order valence-electron chi connectivity index (χ3n) is 2.86. The third-order valence-corrected chi connectivity index (χ3v) is 2.86. The highest BCUT2D eigenvalue weighted by Gasteiger charge is 2.15. The van der Waals surface area contributed by atoms with Gasteiger partial charge in [-0.3, -0.25) is 0 Å². The number of hydrogen-bond acceptors (Lipinski definition) is 6. The van der Waals surface area contributed by atoms with Crippen LogP contribution in [0, 0.1) is 0 Å². The van der Waals surface area contributed by atoms with E-state index in [4.69, 9.17) is 20.9 Å². The molecule has 1 heterocycles. The first kappa shape index (κ1) is 13.2. The van der Waals surface area contributed by atoms with E-state index in [-0.39, 0.29) is 0 Å². The first-order chi connectivity index (χ1) is 9.22. The fourth-order valence-corrected chi connectivity index (χ4v) is 2.04. The van der Waals surface area contributed by atoms with Crippen LogP contribution < -0.4 is 26.3 Å². The summed E-state index contributed by atoms with van der Waals surface area (Å²) in [6, 6.07) is 3.58. The van der Waals surface area contributed by atoms with E-state index < -0.39 is 0 Å². The first-order valence-corrected chi connectivity index (χ1v) is 5.96. The Morgan fingerprint density at radius 2 is 2.11 bits per heavy atom. The topological polar surface area (TPSA) is 95.4 Å². The number of rotatable bonds is 5. The quantitative estimate of drug-likeness (QED) is 0.701. The molecule has 6 nitrogen and oxygen atoms in total. The highest BCUT2D eigenvalue weighted by atomic mass is 16.5. The Morgan fingerprint density at radius 3 is 2.74 bits per heavy atom. The van der Waals surface area contributed by atoms with E-state index in [1.807, 2.05) is 6.07 Å². The molecule has 0 aliphatic rings. The Labute approximate surface area is 111 Å². The largest absolute Gasteiger partial charge is 0.493 e. The molecule has 1 aromatic heterocycles. The fraction of sp³-hybridized carbons (Fsp3) is 0.308. The van der Waals surface area contributed by atoms with Gasteiger partial charge >= 0.3 is 0 Å². The zero-order chi connectivity index (χ0) is 13.8. The summed E-state index contributed by atoms with van der Waals surface area (Å²) in [6.07, 6.45) is 1.70. The lowest BCUT2D eigenvalue weighted by Gasteiger charge is -2.15. The van der Waals surface area contributed by atoms with E-state index in [1.165, 1.54) is 0 Å². The van der Waals surface area contributed by atoms with Gasteiger partial charge in [0, 0.05) is 36.4 Å². The van der Waals surface area contributed by atoms with Gasteiger partial charge in [-0.1, -0.05) is 0 Å². The lowest BCUT2D eigenvalue weighted by Crippen LogP contribution is -2.14. The molecule has 0 spiro atoms. The van der Waals surface area contributed by atoms with Crippen LogP contribution in [0.25, 0.3) is 10.8 Å². The maximum absolute atomic E-state index is 6.08. The maximum atomic E-state index is 6.08. The van der Waals surface area contributed by atoms with Crippen molar-refractivity contribution in [3.63, 3.8) is 0 Å². The molecular weight excluding hydrogens is 244 g/mol. The molecule has 0 saturated heterocycles. The van der Waals surface area contributed by atoms with E-state index in [1.54, 1.807) is 26.5 Å². The van der Waals surface area contributed by atoms with E-state index in [9.17, 15) is 0 Å². The molecule has 19 heavy (non-hydrogen) atoms. The minimum atomic E-state index is 0.519. The summed E-state index contributed by atoms with van der Waals surface area (Å²) >= 11 is 0. The zero-order valence-corrected chi connectivity index (χ0v) is 11.1. The summed E-state index contributed by atoms with van der Waals surface area (Å²) < 4.78 is 10.7. The summed E-state index contributed by atoms with van der Waals surface area (Å²) in [5.74, 6) is 1.94. The van der Waals surface area contributed by atoms with Crippen molar-refractivity contribution in [1.29, 1.82) is 0 Å². The third kappa shape index (κ3) is 2.34. The Morgan fingerprint density at radius 1 is 1.32 bits per heavy atom. The Hall–Kier alpha value is -2.21. The smallest absolute Gasteiger partial charge is 0.168 e. The molecule has 0 aliphatic heterocycles. The van der Waals surface area contributed by atoms with Gasteiger partial charge in [-0.25, -0.2) is 4.98 Å². The predicted molar refractivity (Wildman–Crippen MR) is 76.8 cm³/mol. The molecule has 0 unspecified atom stereocenters. The standard InChI is InChI=1S/C13H18N4O2/c1-18-10-7-9(15)11-8(12(10)19-2)3-5-16-13(11)17-6-4-14/h3,5,7H,4,6,14-15H2,1-2H3,(H,16,17). The molecule has 2 rings (SSSR count). The van der Waals surface area contributed by atoms with Gasteiger partial charge in [0.05, 0.1) is 19.6 Å². The van der Waals surface area contributed by atoms with Crippen molar-refractivity contribution < 1.29 is 9.47 Å². The molecular formula is C13H18N4O2. The van der Waals surface area contributed by atoms with Crippen LogP contribution in [-0.4, -0.2) is 32.3 Å². The molecule has 0 amide bonds. The molecule has 6 heteroatoms.